The molecule has 2 aromatic rings. The third-order valence-electron chi connectivity index (χ3n) is 4.92. The Morgan fingerprint density at radius 2 is 1.90 bits per heavy atom. The van der Waals surface area contributed by atoms with Gasteiger partial charge in [0.05, 0.1) is 30.5 Å². The fourth-order valence-electron chi connectivity index (χ4n) is 3.27. The molecule has 3 rings (SSSR count). The molecule has 0 unspecified atom stereocenters. The van der Waals surface area contributed by atoms with Crippen molar-refractivity contribution in [3.05, 3.63) is 71.8 Å². The number of carbonyl (C=O) groups excluding carboxylic acids is 1. The molecule has 0 saturated carbocycles. The summed E-state index contributed by atoms with van der Waals surface area (Å²) < 4.78 is 33.3. The summed E-state index contributed by atoms with van der Waals surface area (Å²) in [5.41, 5.74) is 0.718. The molecule has 1 amide bonds. The molecule has 1 aliphatic heterocycles. The van der Waals surface area contributed by atoms with Crippen LogP contribution in [0.1, 0.15) is 10.4 Å². The Balaban J connectivity index is 1.78. The van der Waals surface area contributed by atoms with E-state index in [-0.39, 0.29) is 27.9 Å². The molecule has 0 radical (unpaired) electrons. The molecule has 7 nitrogen and oxygen atoms in total. The highest BCUT2D eigenvalue weighted by molar-refractivity contribution is 7.93. The molecule has 1 saturated heterocycles. The van der Waals surface area contributed by atoms with E-state index < -0.39 is 10.0 Å². The lowest BCUT2D eigenvalue weighted by molar-refractivity contribution is 0.0383. The van der Waals surface area contributed by atoms with Crippen LogP contribution in [-0.2, 0) is 14.8 Å². The number of halogens is 1. The highest BCUT2D eigenvalue weighted by Crippen LogP contribution is 2.29. The van der Waals surface area contributed by atoms with Crippen LogP contribution in [-0.4, -0.2) is 65.2 Å². The lowest BCUT2D eigenvalue weighted by atomic mass is 10.2. The van der Waals surface area contributed by atoms with E-state index in [1.54, 1.807) is 30.3 Å². The summed E-state index contributed by atoms with van der Waals surface area (Å²) in [7, 11) is -4.01. The van der Waals surface area contributed by atoms with E-state index >= 15 is 0 Å². The summed E-state index contributed by atoms with van der Waals surface area (Å²) in [6, 6.07) is 13.0. The lowest BCUT2D eigenvalue weighted by Gasteiger charge is -2.26. The molecule has 31 heavy (non-hydrogen) atoms. The number of amides is 1. The first kappa shape index (κ1) is 23.3. The van der Waals surface area contributed by atoms with Gasteiger partial charge in [0, 0.05) is 31.7 Å². The summed E-state index contributed by atoms with van der Waals surface area (Å²) >= 11 is 6.24. The van der Waals surface area contributed by atoms with Crippen molar-refractivity contribution in [2.24, 2.45) is 0 Å². The van der Waals surface area contributed by atoms with Gasteiger partial charge in [0.2, 0.25) is 0 Å². The Kier molecular flexibility index (Phi) is 8.09. The van der Waals surface area contributed by atoms with Crippen LogP contribution >= 0.6 is 11.6 Å². The third-order valence-corrected chi connectivity index (χ3v) is 7.19. The molecule has 0 aromatic heterocycles. The van der Waals surface area contributed by atoms with Crippen LogP contribution in [0.2, 0.25) is 5.02 Å². The minimum atomic E-state index is -4.01. The molecule has 9 heteroatoms. The maximum Gasteiger partial charge on any atom is 0.266 e. The van der Waals surface area contributed by atoms with Gasteiger partial charge >= 0.3 is 0 Å². The maximum atomic E-state index is 13.4. The molecule has 0 aliphatic carbocycles. The van der Waals surface area contributed by atoms with E-state index in [9.17, 15) is 13.2 Å². The zero-order chi connectivity index (χ0) is 22.3. The van der Waals surface area contributed by atoms with Gasteiger partial charge in [-0.1, -0.05) is 35.9 Å². The summed E-state index contributed by atoms with van der Waals surface area (Å²) in [6.07, 6.45) is 1.50. The summed E-state index contributed by atoms with van der Waals surface area (Å²) in [4.78, 5) is 14.7. The van der Waals surface area contributed by atoms with Gasteiger partial charge in [0.25, 0.3) is 15.9 Å². The summed E-state index contributed by atoms with van der Waals surface area (Å²) in [5.74, 6) is -0.351. The highest BCUT2D eigenvalue weighted by Gasteiger charge is 2.27. The van der Waals surface area contributed by atoms with E-state index in [1.807, 2.05) is 0 Å². The number of carbonyl (C=O) groups is 1. The molecule has 2 aromatic carbocycles. The predicted octanol–water partition coefficient (Wildman–Crippen LogP) is 2.78. The standard InChI is InChI=1S/C22H26ClN3O4S/c1-2-11-26(19-6-4-3-5-7-19)31(28,29)21-17-18(8-9-20(21)23)22(27)24-10-12-25-13-15-30-16-14-25/h2-9,17H,1,10-16H2,(H,24,27). The number of hydrogen-bond donors (Lipinski definition) is 1. The van der Waals surface area contributed by atoms with E-state index in [0.29, 0.717) is 32.0 Å². The quantitative estimate of drug-likeness (QED) is 0.578. The second-order valence-corrected chi connectivity index (χ2v) is 9.25. The van der Waals surface area contributed by atoms with Crippen molar-refractivity contribution in [1.82, 2.24) is 10.2 Å². The molecule has 0 atom stereocenters. The Labute approximate surface area is 188 Å². The fraction of sp³-hybridized carbons (Fsp3) is 0.318. The van der Waals surface area contributed by atoms with Crippen molar-refractivity contribution in [2.45, 2.75) is 4.90 Å². The summed E-state index contributed by atoms with van der Waals surface area (Å²) in [6.45, 7) is 7.93. The number of rotatable bonds is 9. The first-order valence-corrected chi connectivity index (χ1v) is 11.8. The molecule has 1 fully saturated rings. The van der Waals surface area contributed by atoms with Gasteiger partial charge in [-0.2, -0.15) is 0 Å². The number of ether oxygens (including phenoxy) is 1. The second kappa shape index (κ2) is 10.8. The Hall–Kier alpha value is -2.39. The van der Waals surface area contributed by atoms with E-state index in [0.717, 1.165) is 13.1 Å². The Morgan fingerprint density at radius 3 is 2.58 bits per heavy atom. The molecule has 1 N–H and O–H groups in total. The number of para-hydroxylation sites is 1. The topological polar surface area (TPSA) is 79.0 Å². The van der Waals surface area contributed by atoms with Crippen LogP contribution in [0.15, 0.2) is 66.1 Å². The van der Waals surface area contributed by atoms with Gasteiger partial charge in [0.1, 0.15) is 4.90 Å². The van der Waals surface area contributed by atoms with E-state index in [4.69, 9.17) is 16.3 Å². The van der Waals surface area contributed by atoms with E-state index in [2.05, 4.69) is 16.8 Å². The minimum Gasteiger partial charge on any atom is -0.379 e. The number of anilines is 1. The zero-order valence-corrected chi connectivity index (χ0v) is 18.7. The van der Waals surface area contributed by atoms with Crippen molar-refractivity contribution in [3.63, 3.8) is 0 Å². The van der Waals surface area contributed by atoms with Crippen LogP contribution < -0.4 is 9.62 Å². The van der Waals surface area contributed by atoms with Crippen LogP contribution in [0.3, 0.4) is 0 Å². The first-order chi connectivity index (χ1) is 14.9. The van der Waals surface area contributed by atoms with Crippen LogP contribution in [0.4, 0.5) is 5.69 Å². The largest absolute Gasteiger partial charge is 0.379 e. The van der Waals surface area contributed by atoms with E-state index in [1.165, 1.54) is 28.6 Å². The number of nitrogens with one attached hydrogen (secondary N) is 1. The van der Waals surface area contributed by atoms with Crippen LogP contribution in [0, 0.1) is 0 Å². The van der Waals surface area contributed by atoms with Gasteiger partial charge in [-0.3, -0.25) is 14.0 Å². The number of hydrogen-bond acceptors (Lipinski definition) is 5. The second-order valence-electron chi connectivity index (χ2n) is 7.02. The molecule has 0 bridgehead atoms. The molecule has 166 valence electrons. The minimum absolute atomic E-state index is 0.0508. The Bertz CT molecular complexity index is 1010. The number of morpholine rings is 1. The average molecular weight is 464 g/mol. The first-order valence-electron chi connectivity index (χ1n) is 10.00. The number of nitrogens with zero attached hydrogens (tertiary/aromatic N) is 2. The van der Waals surface area contributed by atoms with Crippen molar-refractivity contribution >= 4 is 33.2 Å². The molecule has 0 spiro atoms. The van der Waals surface area contributed by atoms with Crippen LogP contribution in [0.5, 0.6) is 0 Å². The van der Waals surface area contributed by atoms with Crippen molar-refractivity contribution in [3.8, 4) is 0 Å². The van der Waals surface area contributed by atoms with Gasteiger partial charge in [-0.05, 0) is 30.3 Å². The molecular weight excluding hydrogens is 438 g/mol. The third kappa shape index (κ3) is 5.86. The Morgan fingerprint density at radius 1 is 1.19 bits per heavy atom. The number of benzene rings is 2. The smallest absolute Gasteiger partial charge is 0.266 e. The number of sulfonamides is 1. The molecular formula is C22H26ClN3O4S. The summed E-state index contributed by atoms with van der Waals surface area (Å²) in [5, 5.41) is 2.89. The molecule has 1 aliphatic rings. The van der Waals surface area contributed by atoms with Crippen molar-refractivity contribution in [1.29, 1.82) is 0 Å². The van der Waals surface area contributed by atoms with Gasteiger partial charge in [-0.25, -0.2) is 8.42 Å². The normalized spacial score (nSPS) is 14.7. The van der Waals surface area contributed by atoms with Gasteiger partial charge in [-0.15, -0.1) is 6.58 Å². The van der Waals surface area contributed by atoms with Gasteiger partial charge in [0.15, 0.2) is 0 Å². The zero-order valence-electron chi connectivity index (χ0n) is 17.2. The fourth-order valence-corrected chi connectivity index (χ4v) is 5.21. The lowest BCUT2D eigenvalue weighted by Crippen LogP contribution is -2.41. The monoisotopic (exact) mass is 463 g/mol. The average Bonchev–Trinajstić information content (AvgIpc) is 2.78. The van der Waals surface area contributed by atoms with Crippen molar-refractivity contribution < 1.29 is 17.9 Å². The molecule has 1 heterocycles. The van der Waals surface area contributed by atoms with Crippen LogP contribution in [0.25, 0.3) is 0 Å². The predicted molar refractivity (Wildman–Crippen MR) is 122 cm³/mol. The highest BCUT2D eigenvalue weighted by atomic mass is 35.5. The SMILES string of the molecule is C=CCN(c1ccccc1)S(=O)(=O)c1cc(C(=O)NCCN2CCOCC2)ccc1Cl. The van der Waals surface area contributed by atoms with Gasteiger partial charge < -0.3 is 10.1 Å². The van der Waals surface area contributed by atoms with Crippen molar-refractivity contribution in [2.75, 3.05) is 50.2 Å². The maximum absolute atomic E-state index is 13.4.